The van der Waals surface area contributed by atoms with Gasteiger partial charge in [-0.3, -0.25) is 14.4 Å². The molecule has 1 saturated heterocycles. The third-order valence-corrected chi connectivity index (χ3v) is 3.08. The predicted octanol–water partition coefficient (Wildman–Crippen LogP) is -0.909. The lowest BCUT2D eigenvalue weighted by Gasteiger charge is -2.38. The second kappa shape index (κ2) is 4.85. The highest BCUT2D eigenvalue weighted by Crippen LogP contribution is 2.18. The molecule has 2 heterocycles. The van der Waals surface area contributed by atoms with E-state index in [2.05, 4.69) is 4.98 Å². The van der Waals surface area contributed by atoms with Crippen LogP contribution in [0.2, 0.25) is 0 Å². The third-order valence-electron chi connectivity index (χ3n) is 3.08. The second-order valence-corrected chi connectivity index (χ2v) is 4.60. The largest absolute Gasteiger partial charge is 0.367 e. The molecule has 0 aliphatic carbocycles. The minimum Gasteiger partial charge on any atom is -0.367 e. The smallest absolute Gasteiger partial charge is 0.270 e. The van der Waals surface area contributed by atoms with Crippen LogP contribution >= 0.6 is 0 Å². The molecule has 0 aromatic carbocycles. The number of carbonyl (C=O) groups excluding carboxylic acids is 2. The van der Waals surface area contributed by atoms with Crippen molar-refractivity contribution in [3.63, 3.8) is 0 Å². The summed E-state index contributed by atoms with van der Waals surface area (Å²) in [5, 5.41) is 0. The highest BCUT2D eigenvalue weighted by atomic mass is 16.5. The molecule has 1 aliphatic heterocycles. The van der Waals surface area contributed by atoms with Gasteiger partial charge in [-0.2, -0.15) is 0 Å². The van der Waals surface area contributed by atoms with Crippen LogP contribution in [0.3, 0.4) is 0 Å². The van der Waals surface area contributed by atoms with Crippen LogP contribution in [0.4, 0.5) is 0 Å². The molecule has 1 aliphatic rings. The molecule has 102 valence electrons. The number of H-pyrrole nitrogens is 1. The van der Waals surface area contributed by atoms with E-state index in [0.717, 1.165) is 0 Å². The van der Waals surface area contributed by atoms with Gasteiger partial charge in [0.25, 0.3) is 11.8 Å². The average Bonchev–Trinajstić information content (AvgIpc) is 2.38. The van der Waals surface area contributed by atoms with E-state index >= 15 is 0 Å². The van der Waals surface area contributed by atoms with Gasteiger partial charge in [-0.15, -0.1) is 0 Å². The first-order valence-electron chi connectivity index (χ1n) is 5.85. The maximum atomic E-state index is 12.2. The number of nitrogens with one attached hydrogen (secondary N) is 1. The monoisotopic (exact) mass is 265 g/mol. The number of aromatic amines is 1. The maximum Gasteiger partial charge on any atom is 0.270 e. The number of rotatable bonds is 2. The molecule has 1 fully saturated rings. The normalized spacial score (nSPS) is 23.1. The zero-order valence-corrected chi connectivity index (χ0v) is 10.5. The molecule has 1 atom stereocenters. The molecule has 2 rings (SSSR count). The van der Waals surface area contributed by atoms with Crippen LogP contribution in [0.15, 0.2) is 23.0 Å². The molecule has 7 heteroatoms. The zero-order chi connectivity index (χ0) is 14.0. The summed E-state index contributed by atoms with van der Waals surface area (Å²) >= 11 is 0. The first-order valence-corrected chi connectivity index (χ1v) is 5.85. The topological polar surface area (TPSA) is 105 Å². The van der Waals surface area contributed by atoms with Crippen molar-refractivity contribution in [1.29, 1.82) is 0 Å². The van der Waals surface area contributed by atoms with Gasteiger partial charge < -0.3 is 20.4 Å². The van der Waals surface area contributed by atoms with E-state index < -0.39 is 11.5 Å². The van der Waals surface area contributed by atoms with Gasteiger partial charge in [0, 0.05) is 12.6 Å². The number of ether oxygens (including phenoxy) is 1. The Morgan fingerprint density at radius 3 is 2.84 bits per heavy atom. The van der Waals surface area contributed by atoms with Crippen LogP contribution in [0.1, 0.15) is 17.4 Å². The summed E-state index contributed by atoms with van der Waals surface area (Å²) in [5.74, 6) is -0.972. The number of hydrogen-bond acceptors (Lipinski definition) is 4. The maximum absolute atomic E-state index is 12.2. The Bertz CT molecular complexity index is 568. The van der Waals surface area contributed by atoms with Crippen LogP contribution in [0.25, 0.3) is 0 Å². The van der Waals surface area contributed by atoms with Crippen molar-refractivity contribution >= 4 is 11.8 Å². The van der Waals surface area contributed by atoms with Gasteiger partial charge in [-0.25, -0.2) is 0 Å². The molecule has 0 saturated carbocycles. The van der Waals surface area contributed by atoms with E-state index in [4.69, 9.17) is 10.5 Å². The zero-order valence-electron chi connectivity index (χ0n) is 10.5. The molecule has 3 N–H and O–H groups in total. The molecule has 0 spiro atoms. The molecule has 2 amide bonds. The van der Waals surface area contributed by atoms with Crippen molar-refractivity contribution in [1.82, 2.24) is 9.88 Å². The number of hydrogen-bond donors (Lipinski definition) is 2. The van der Waals surface area contributed by atoms with Crippen molar-refractivity contribution in [2.24, 2.45) is 5.73 Å². The standard InChI is InChI=1S/C12H15N3O4/c1-12(11(13)18)7-15(5-6-19-12)10(17)8-3-2-4-9(16)14-8/h2-4H,5-7H2,1H3,(H2,13,18)(H,14,16)/t12-/m0/s1. The summed E-state index contributed by atoms with van der Waals surface area (Å²) in [5.41, 5.74) is 3.91. The fourth-order valence-electron chi connectivity index (χ4n) is 1.94. The molecular weight excluding hydrogens is 250 g/mol. The molecule has 7 nitrogen and oxygen atoms in total. The van der Waals surface area contributed by atoms with E-state index in [1.165, 1.54) is 23.1 Å². The molecule has 1 aromatic heterocycles. The summed E-state index contributed by atoms with van der Waals surface area (Å²) in [4.78, 5) is 38.6. The minimum absolute atomic E-state index is 0.0676. The third kappa shape index (κ3) is 2.65. The minimum atomic E-state index is -1.19. The molecular formula is C12H15N3O4. The van der Waals surface area contributed by atoms with Crippen molar-refractivity contribution < 1.29 is 14.3 Å². The van der Waals surface area contributed by atoms with Gasteiger partial charge >= 0.3 is 0 Å². The lowest BCUT2D eigenvalue weighted by molar-refractivity contribution is -0.150. The number of nitrogens with zero attached hydrogens (tertiary/aromatic N) is 1. The molecule has 0 unspecified atom stereocenters. The Morgan fingerprint density at radius 1 is 1.47 bits per heavy atom. The fourth-order valence-corrected chi connectivity index (χ4v) is 1.94. The van der Waals surface area contributed by atoms with E-state index in [1.54, 1.807) is 6.92 Å². The van der Waals surface area contributed by atoms with Gasteiger partial charge in [0.2, 0.25) is 5.56 Å². The number of nitrogens with two attached hydrogens (primary N) is 1. The Balaban J connectivity index is 2.20. The molecule has 0 radical (unpaired) electrons. The number of pyridine rings is 1. The lowest BCUT2D eigenvalue weighted by Crippen LogP contribution is -2.58. The van der Waals surface area contributed by atoms with Gasteiger partial charge in [0.05, 0.1) is 13.2 Å². The van der Waals surface area contributed by atoms with Crippen LogP contribution < -0.4 is 11.3 Å². The summed E-state index contributed by atoms with van der Waals surface area (Å²) in [6.45, 7) is 2.18. The van der Waals surface area contributed by atoms with Crippen LogP contribution in [-0.2, 0) is 9.53 Å². The number of carbonyl (C=O) groups is 2. The van der Waals surface area contributed by atoms with Crippen molar-refractivity contribution in [2.45, 2.75) is 12.5 Å². The average molecular weight is 265 g/mol. The summed E-state index contributed by atoms with van der Waals surface area (Å²) in [6.07, 6.45) is 0. The second-order valence-electron chi connectivity index (χ2n) is 4.60. The quantitative estimate of drug-likeness (QED) is 0.722. The first kappa shape index (κ1) is 13.3. The van der Waals surface area contributed by atoms with Crippen molar-refractivity contribution in [2.75, 3.05) is 19.7 Å². The SMILES string of the molecule is C[C@@]1(C(N)=O)CN(C(=O)c2cccc(=O)[nH]2)CCO1. The van der Waals surface area contributed by atoms with E-state index in [-0.39, 0.29) is 30.3 Å². The summed E-state index contributed by atoms with van der Waals surface area (Å²) in [6, 6.07) is 4.34. The highest BCUT2D eigenvalue weighted by molar-refractivity contribution is 5.93. The van der Waals surface area contributed by atoms with Crippen LogP contribution in [0.5, 0.6) is 0 Å². The molecule has 1 aromatic rings. The van der Waals surface area contributed by atoms with E-state index in [1.807, 2.05) is 0 Å². The molecule has 0 bridgehead atoms. The van der Waals surface area contributed by atoms with Gasteiger partial charge in [-0.1, -0.05) is 6.07 Å². The molecule has 19 heavy (non-hydrogen) atoms. The fraction of sp³-hybridized carbons (Fsp3) is 0.417. The predicted molar refractivity (Wildman–Crippen MR) is 66.5 cm³/mol. The Hall–Kier alpha value is -2.15. The van der Waals surface area contributed by atoms with Crippen molar-refractivity contribution in [3.8, 4) is 0 Å². The lowest BCUT2D eigenvalue weighted by atomic mass is 10.0. The number of morpholine rings is 1. The number of amides is 2. The Kier molecular flexibility index (Phi) is 3.39. The summed E-state index contributed by atoms with van der Waals surface area (Å²) < 4.78 is 5.33. The summed E-state index contributed by atoms with van der Waals surface area (Å²) in [7, 11) is 0. The Labute approximate surface area is 109 Å². The first-order chi connectivity index (χ1) is 8.92. The van der Waals surface area contributed by atoms with Gasteiger partial charge in [0.1, 0.15) is 5.69 Å². The van der Waals surface area contributed by atoms with Crippen LogP contribution in [0, 0.1) is 0 Å². The Morgan fingerprint density at radius 2 is 2.21 bits per heavy atom. The van der Waals surface area contributed by atoms with Crippen molar-refractivity contribution in [3.05, 3.63) is 34.2 Å². The van der Waals surface area contributed by atoms with Crippen LogP contribution in [-0.4, -0.2) is 47.0 Å². The number of aromatic nitrogens is 1. The van der Waals surface area contributed by atoms with E-state index in [9.17, 15) is 14.4 Å². The van der Waals surface area contributed by atoms with E-state index in [0.29, 0.717) is 6.54 Å². The van der Waals surface area contributed by atoms with Gasteiger partial charge in [-0.05, 0) is 13.0 Å². The van der Waals surface area contributed by atoms with Gasteiger partial charge in [0.15, 0.2) is 5.60 Å². The number of primary amides is 1. The highest BCUT2D eigenvalue weighted by Gasteiger charge is 2.39.